The Kier molecular flexibility index (Phi) is 5.25. The normalized spacial score (nSPS) is 24.2. The highest BCUT2D eigenvalue weighted by Crippen LogP contribution is 2.25. The van der Waals surface area contributed by atoms with E-state index < -0.39 is 0 Å². The first-order valence-electron chi connectivity index (χ1n) is 8.86. The van der Waals surface area contributed by atoms with E-state index in [1.54, 1.807) is 7.11 Å². The van der Waals surface area contributed by atoms with Crippen molar-refractivity contribution >= 4 is 16.7 Å². The van der Waals surface area contributed by atoms with Crippen LogP contribution in [0.15, 0.2) is 36.4 Å². The van der Waals surface area contributed by atoms with Crippen molar-refractivity contribution in [2.75, 3.05) is 13.7 Å². The maximum atomic E-state index is 12.6. The Hall–Kier alpha value is -2.11. The van der Waals surface area contributed by atoms with Gasteiger partial charge in [-0.15, -0.1) is 0 Å². The quantitative estimate of drug-likeness (QED) is 0.782. The summed E-state index contributed by atoms with van der Waals surface area (Å²) in [5, 5.41) is 5.34. The molecule has 2 aromatic carbocycles. The third-order valence-corrected chi connectivity index (χ3v) is 5.30. The van der Waals surface area contributed by atoms with Gasteiger partial charge in [-0.1, -0.05) is 24.3 Å². The first-order valence-corrected chi connectivity index (χ1v) is 8.86. The summed E-state index contributed by atoms with van der Waals surface area (Å²) in [4.78, 5) is 12.6. The van der Waals surface area contributed by atoms with E-state index in [-0.39, 0.29) is 11.8 Å². The fraction of sp³-hybridized carbons (Fsp3) is 0.450. The molecule has 1 saturated heterocycles. The number of fused-ring (bicyclic) bond motifs is 1. The van der Waals surface area contributed by atoms with Gasteiger partial charge in [-0.25, -0.2) is 0 Å². The predicted molar refractivity (Wildman–Crippen MR) is 101 cm³/mol. The molecule has 3 atom stereocenters. The van der Waals surface area contributed by atoms with E-state index in [0.717, 1.165) is 22.1 Å². The smallest absolute Gasteiger partial charge is 0.227 e. The van der Waals surface area contributed by atoms with E-state index in [1.165, 1.54) is 0 Å². The zero-order chi connectivity index (χ0) is 18.0. The van der Waals surface area contributed by atoms with Gasteiger partial charge in [0.2, 0.25) is 5.91 Å². The number of amides is 1. The summed E-state index contributed by atoms with van der Waals surface area (Å²) in [5.41, 5.74) is 7.47. The van der Waals surface area contributed by atoms with Crippen LogP contribution >= 0.6 is 0 Å². The molecule has 0 aromatic heterocycles. The van der Waals surface area contributed by atoms with Gasteiger partial charge in [0.25, 0.3) is 0 Å². The van der Waals surface area contributed by atoms with E-state index >= 15 is 0 Å². The monoisotopic (exact) mass is 341 g/mol. The lowest BCUT2D eigenvalue weighted by atomic mass is 9.94. The van der Waals surface area contributed by atoms with Crippen molar-refractivity contribution in [1.29, 1.82) is 0 Å². The molecule has 2 aromatic rings. The second-order valence-corrected chi connectivity index (χ2v) is 6.97. The second kappa shape index (κ2) is 7.42. The number of ether oxygens (including phenoxy) is 1. The minimum atomic E-state index is -0.181. The van der Waals surface area contributed by atoms with Crippen LogP contribution in [0.1, 0.15) is 32.3 Å². The third-order valence-electron chi connectivity index (χ3n) is 5.30. The molecule has 0 bridgehead atoms. The van der Waals surface area contributed by atoms with Crippen molar-refractivity contribution in [3.63, 3.8) is 0 Å². The fourth-order valence-corrected chi connectivity index (χ4v) is 3.43. The molecule has 0 spiro atoms. The SMILES string of the molecule is COc1ccc2cc([C@H](C)C(=O)NCC3C(C)NNC3C)ccc2c1. The predicted octanol–water partition coefficient (Wildman–Crippen LogP) is 2.57. The Morgan fingerprint density at radius 3 is 2.44 bits per heavy atom. The minimum absolute atomic E-state index is 0.0687. The number of carbonyl (C=O) groups is 1. The highest BCUT2D eigenvalue weighted by Gasteiger charge is 2.30. The lowest BCUT2D eigenvalue weighted by molar-refractivity contribution is -0.122. The van der Waals surface area contributed by atoms with Crippen LogP contribution in [0.4, 0.5) is 0 Å². The van der Waals surface area contributed by atoms with Crippen molar-refractivity contribution in [2.24, 2.45) is 5.92 Å². The Morgan fingerprint density at radius 1 is 1.12 bits per heavy atom. The summed E-state index contributed by atoms with van der Waals surface area (Å²) >= 11 is 0. The summed E-state index contributed by atoms with van der Waals surface area (Å²) in [7, 11) is 1.67. The van der Waals surface area contributed by atoms with E-state index in [1.807, 2.05) is 37.3 Å². The average molecular weight is 341 g/mol. The van der Waals surface area contributed by atoms with E-state index in [4.69, 9.17) is 4.74 Å². The first kappa shape index (κ1) is 17.7. The van der Waals surface area contributed by atoms with E-state index in [0.29, 0.717) is 24.5 Å². The lowest BCUT2D eigenvalue weighted by Crippen LogP contribution is -2.38. The molecule has 134 valence electrons. The van der Waals surface area contributed by atoms with Gasteiger partial charge >= 0.3 is 0 Å². The van der Waals surface area contributed by atoms with Crippen LogP contribution in [-0.2, 0) is 4.79 Å². The van der Waals surface area contributed by atoms with Crippen molar-refractivity contribution in [3.05, 3.63) is 42.0 Å². The number of hydrogen-bond acceptors (Lipinski definition) is 4. The van der Waals surface area contributed by atoms with Crippen LogP contribution in [-0.4, -0.2) is 31.6 Å². The topological polar surface area (TPSA) is 62.4 Å². The highest BCUT2D eigenvalue weighted by atomic mass is 16.5. The van der Waals surface area contributed by atoms with Crippen LogP contribution in [0.3, 0.4) is 0 Å². The molecule has 0 radical (unpaired) electrons. The number of rotatable bonds is 5. The van der Waals surface area contributed by atoms with Gasteiger partial charge in [-0.3, -0.25) is 15.6 Å². The zero-order valence-electron chi connectivity index (χ0n) is 15.3. The molecule has 1 amide bonds. The Morgan fingerprint density at radius 2 is 1.76 bits per heavy atom. The number of hydrazine groups is 1. The Labute approximate surface area is 149 Å². The van der Waals surface area contributed by atoms with Crippen LogP contribution in [0.25, 0.3) is 10.8 Å². The van der Waals surface area contributed by atoms with E-state index in [9.17, 15) is 4.79 Å². The molecule has 3 N–H and O–H groups in total. The van der Waals surface area contributed by atoms with Gasteiger partial charge in [0.15, 0.2) is 0 Å². The number of carbonyl (C=O) groups excluding carboxylic acids is 1. The molecular formula is C20H27N3O2. The second-order valence-electron chi connectivity index (χ2n) is 6.97. The standard InChI is InChI=1S/C20H27N3O2/c1-12(20(24)21-11-19-13(2)22-23-14(19)3)15-5-6-17-10-18(25-4)8-7-16(17)9-15/h5-10,12-14,19,22-23H,11H2,1-4H3,(H,21,24)/t12-,13?,14?,19?/m0/s1. The molecular weight excluding hydrogens is 314 g/mol. The Bertz CT molecular complexity index is 752. The lowest BCUT2D eigenvalue weighted by Gasteiger charge is -2.20. The van der Waals surface area contributed by atoms with Gasteiger partial charge in [0, 0.05) is 24.5 Å². The molecule has 1 fully saturated rings. The number of methoxy groups -OCH3 is 1. The van der Waals surface area contributed by atoms with E-state index in [2.05, 4.69) is 36.1 Å². The molecule has 1 aliphatic heterocycles. The summed E-state index contributed by atoms with van der Waals surface area (Å²) < 4.78 is 5.26. The van der Waals surface area contributed by atoms with Crippen molar-refractivity contribution in [3.8, 4) is 5.75 Å². The van der Waals surface area contributed by atoms with Crippen LogP contribution in [0, 0.1) is 5.92 Å². The Balaban J connectivity index is 1.68. The van der Waals surface area contributed by atoms with Crippen molar-refractivity contribution in [2.45, 2.75) is 38.8 Å². The summed E-state index contributed by atoms with van der Waals surface area (Å²) in [5.74, 6) is 1.12. The van der Waals surface area contributed by atoms with Crippen LogP contribution in [0.5, 0.6) is 5.75 Å². The summed E-state index contributed by atoms with van der Waals surface area (Å²) in [6, 6.07) is 12.8. The summed E-state index contributed by atoms with van der Waals surface area (Å²) in [6.07, 6.45) is 0. The number of benzene rings is 2. The fourth-order valence-electron chi connectivity index (χ4n) is 3.43. The van der Waals surface area contributed by atoms with Crippen LogP contribution in [0.2, 0.25) is 0 Å². The molecule has 25 heavy (non-hydrogen) atoms. The number of hydrogen-bond donors (Lipinski definition) is 3. The zero-order valence-corrected chi connectivity index (χ0v) is 15.3. The van der Waals surface area contributed by atoms with Gasteiger partial charge in [-0.2, -0.15) is 0 Å². The molecule has 0 saturated carbocycles. The molecule has 5 nitrogen and oxygen atoms in total. The third kappa shape index (κ3) is 3.78. The average Bonchev–Trinajstić information content (AvgIpc) is 2.96. The molecule has 0 aliphatic carbocycles. The maximum Gasteiger partial charge on any atom is 0.227 e. The van der Waals surface area contributed by atoms with Gasteiger partial charge in [-0.05, 0) is 49.2 Å². The van der Waals surface area contributed by atoms with Gasteiger partial charge < -0.3 is 10.1 Å². The number of nitrogens with one attached hydrogen (secondary N) is 3. The van der Waals surface area contributed by atoms with Crippen LogP contribution < -0.4 is 20.9 Å². The van der Waals surface area contributed by atoms with Crippen molar-refractivity contribution in [1.82, 2.24) is 16.2 Å². The molecule has 2 unspecified atom stereocenters. The van der Waals surface area contributed by atoms with Gasteiger partial charge in [0.1, 0.15) is 5.75 Å². The maximum absolute atomic E-state index is 12.6. The first-order chi connectivity index (χ1) is 12.0. The molecule has 1 aliphatic rings. The largest absolute Gasteiger partial charge is 0.497 e. The highest BCUT2D eigenvalue weighted by molar-refractivity contribution is 5.88. The minimum Gasteiger partial charge on any atom is -0.497 e. The molecule has 1 heterocycles. The molecule has 5 heteroatoms. The molecule has 3 rings (SSSR count). The summed E-state index contributed by atoms with van der Waals surface area (Å²) in [6.45, 7) is 6.90. The van der Waals surface area contributed by atoms with Gasteiger partial charge in [0.05, 0.1) is 13.0 Å². The van der Waals surface area contributed by atoms with Crippen molar-refractivity contribution < 1.29 is 9.53 Å².